The van der Waals surface area contributed by atoms with Crippen molar-refractivity contribution in [1.82, 2.24) is 9.97 Å². The van der Waals surface area contributed by atoms with Gasteiger partial charge in [-0.3, -0.25) is 0 Å². The van der Waals surface area contributed by atoms with Crippen LogP contribution in [0.25, 0.3) is 0 Å². The Morgan fingerprint density at radius 2 is 2.12 bits per heavy atom. The Labute approximate surface area is 106 Å². The molecular weight excluding hydrogens is 287 g/mol. The fourth-order valence-corrected chi connectivity index (χ4v) is 1.64. The molecule has 0 radical (unpaired) electrons. The number of nitrogens with zero attached hydrogens (tertiary/aromatic N) is 2. The highest BCUT2D eigenvalue weighted by molar-refractivity contribution is 9.10. The van der Waals surface area contributed by atoms with E-state index in [9.17, 15) is 4.39 Å². The Kier molecular flexibility index (Phi) is 3.23. The number of halogens is 2. The largest absolute Gasteiger partial charge is 0.383 e. The molecular formula is C11H10BrFN4. The summed E-state index contributed by atoms with van der Waals surface area (Å²) < 4.78 is 14.0. The summed E-state index contributed by atoms with van der Waals surface area (Å²) in [4.78, 5) is 7.80. The van der Waals surface area contributed by atoms with E-state index < -0.39 is 0 Å². The van der Waals surface area contributed by atoms with Crippen molar-refractivity contribution in [3.05, 3.63) is 40.4 Å². The molecule has 88 valence electrons. The molecule has 0 atom stereocenters. The van der Waals surface area contributed by atoms with E-state index in [2.05, 4.69) is 31.2 Å². The van der Waals surface area contributed by atoms with Crippen LogP contribution in [0.2, 0.25) is 0 Å². The van der Waals surface area contributed by atoms with E-state index in [4.69, 9.17) is 5.73 Å². The topological polar surface area (TPSA) is 63.8 Å². The maximum atomic E-state index is 13.5. The number of benzene rings is 1. The fraction of sp³-hybridized carbons (Fsp3) is 0.0909. The predicted molar refractivity (Wildman–Crippen MR) is 68.6 cm³/mol. The molecule has 0 spiro atoms. The zero-order valence-corrected chi connectivity index (χ0v) is 10.6. The molecule has 0 fully saturated rings. The minimum Gasteiger partial charge on any atom is -0.383 e. The second-order valence-corrected chi connectivity index (χ2v) is 4.32. The van der Waals surface area contributed by atoms with E-state index in [1.807, 2.05) is 6.92 Å². The van der Waals surface area contributed by atoms with Crippen LogP contribution in [0.3, 0.4) is 0 Å². The van der Waals surface area contributed by atoms with Gasteiger partial charge >= 0.3 is 0 Å². The van der Waals surface area contributed by atoms with E-state index in [-0.39, 0.29) is 5.82 Å². The maximum Gasteiger partial charge on any atom is 0.150 e. The number of hydrogen-bond donors (Lipinski definition) is 2. The smallest absolute Gasteiger partial charge is 0.150 e. The standard InChI is InChI=1S/C11H10BrFN4/c1-6-2-3-7(13)8(4-6)17-11-9(12)10(14)15-5-16-11/h2-5H,1H3,(H3,14,15,16,17). The molecule has 17 heavy (non-hydrogen) atoms. The number of aryl methyl sites for hydroxylation is 1. The monoisotopic (exact) mass is 296 g/mol. The van der Waals surface area contributed by atoms with Gasteiger partial charge in [0, 0.05) is 0 Å². The lowest BCUT2D eigenvalue weighted by molar-refractivity contribution is 0.631. The number of aromatic nitrogens is 2. The fourth-order valence-electron chi connectivity index (χ4n) is 1.33. The first-order valence-electron chi connectivity index (χ1n) is 4.87. The first-order chi connectivity index (χ1) is 8.08. The van der Waals surface area contributed by atoms with Gasteiger partial charge in [0.15, 0.2) is 0 Å². The molecule has 0 bridgehead atoms. The van der Waals surface area contributed by atoms with E-state index in [0.29, 0.717) is 21.8 Å². The van der Waals surface area contributed by atoms with Gasteiger partial charge in [-0.1, -0.05) is 6.07 Å². The van der Waals surface area contributed by atoms with Gasteiger partial charge in [-0.05, 0) is 40.5 Å². The lowest BCUT2D eigenvalue weighted by atomic mass is 10.2. The highest BCUT2D eigenvalue weighted by atomic mass is 79.9. The minimum atomic E-state index is -0.348. The number of anilines is 3. The number of nitrogens with one attached hydrogen (secondary N) is 1. The van der Waals surface area contributed by atoms with Gasteiger partial charge in [-0.2, -0.15) is 0 Å². The van der Waals surface area contributed by atoms with Crippen molar-refractivity contribution in [2.75, 3.05) is 11.1 Å². The third-order valence-electron chi connectivity index (χ3n) is 2.19. The summed E-state index contributed by atoms with van der Waals surface area (Å²) >= 11 is 3.25. The Morgan fingerprint density at radius 1 is 1.35 bits per heavy atom. The van der Waals surface area contributed by atoms with Gasteiger partial charge in [0.05, 0.1) is 5.69 Å². The van der Waals surface area contributed by atoms with Gasteiger partial charge in [-0.15, -0.1) is 0 Å². The number of hydrogen-bond acceptors (Lipinski definition) is 4. The average molecular weight is 297 g/mol. The second kappa shape index (κ2) is 4.67. The third-order valence-corrected chi connectivity index (χ3v) is 2.97. The van der Waals surface area contributed by atoms with Gasteiger partial charge in [0.2, 0.25) is 0 Å². The van der Waals surface area contributed by atoms with Crippen LogP contribution in [0.15, 0.2) is 29.0 Å². The maximum absolute atomic E-state index is 13.5. The Hall–Kier alpha value is -1.69. The van der Waals surface area contributed by atoms with E-state index >= 15 is 0 Å². The molecule has 0 amide bonds. The summed E-state index contributed by atoms with van der Waals surface area (Å²) in [6.45, 7) is 1.88. The number of rotatable bonds is 2. The molecule has 1 aromatic heterocycles. The SMILES string of the molecule is Cc1ccc(F)c(Nc2ncnc(N)c2Br)c1. The lowest BCUT2D eigenvalue weighted by Crippen LogP contribution is -2.01. The molecule has 0 aliphatic rings. The van der Waals surface area contributed by atoms with Gasteiger partial charge < -0.3 is 11.1 Å². The third kappa shape index (κ3) is 2.52. The molecule has 1 heterocycles. The van der Waals surface area contributed by atoms with Crippen LogP contribution in [0.5, 0.6) is 0 Å². The summed E-state index contributed by atoms with van der Waals surface area (Å²) in [5, 5.41) is 2.87. The van der Waals surface area contributed by atoms with E-state index in [1.54, 1.807) is 12.1 Å². The summed E-state index contributed by atoms with van der Waals surface area (Å²) in [6, 6.07) is 4.79. The quantitative estimate of drug-likeness (QED) is 0.894. The molecule has 4 nitrogen and oxygen atoms in total. The molecule has 2 aromatic rings. The summed E-state index contributed by atoms with van der Waals surface area (Å²) in [5.41, 5.74) is 6.91. The second-order valence-electron chi connectivity index (χ2n) is 3.53. The Morgan fingerprint density at radius 3 is 2.88 bits per heavy atom. The van der Waals surface area contributed by atoms with Crippen molar-refractivity contribution < 1.29 is 4.39 Å². The number of nitrogens with two attached hydrogens (primary N) is 1. The minimum absolute atomic E-state index is 0.301. The van der Waals surface area contributed by atoms with E-state index in [1.165, 1.54) is 12.4 Å². The molecule has 3 N–H and O–H groups in total. The molecule has 0 aliphatic heterocycles. The number of nitrogen functional groups attached to an aromatic ring is 1. The van der Waals surface area contributed by atoms with Crippen LogP contribution in [-0.2, 0) is 0 Å². The average Bonchev–Trinajstić information content (AvgIpc) is 2.30. The zero-order valence-electron chi connectivity index (χ0n) is 9.04. The molecule has 0 aliphatic carbocycles. The first-order valence-corrected chi connectivity index (χ1v) is 5.66. The Balaban J connectivity index is 2.38. The zero-order chi connectivity index (χ0) is 12.4. The first kappa shape index (κ1) is 11.8. The van der Waals surface area contributed by atoms with Gasteiger partial charge in [0.25, 0.3) is 0 Å². The molecule has 1 aromatic carbocycles. The van der Waals surface area contributed by atoms with Crippen LogP contribution in [0.1, 0.15) is 5.56 Å². The summed E-state index contributed by atoms with van der Waals surface area (Å²) in [7, 11) is 0. The van der Waals surface area contributed by atoms with Crippen LogP contribution < -0.4 is 11.1 Å². The molecule has 0 unspecified atom stereocenters. The van der Waals surface area contributed by atoms with Crippen molar-refractivity contribution in [2.45, 2.75) is 6.92 Å². The van der Waals surface area contributed by atoms with Crippen molar-refractivity contribution in [3.8, 4) is 0 Å². The van der Waals surface area contributed by atoms with E-state index in [0.717, 1.165) is 5.56 Å². The highest BCUT2D eigenvalue weighted by Gasteiger charge is 2.08. The molecule has 6 heteroatoms. The molecule has 0 saturated heterocycles. The predicted octanol–water partition coefficient (Wildman–Crippen LogP) is 3.01. The van der Waals surface area contributed by atoms with Crippen molar-refractivity contribution in [2.24, 2.45) is 0 Å². The van der Waals surface area contributed by atoms with Crippen LogP contribution in [-0.4, -0.2) is 9.97 Å². The summed E-state index contributed by atoms with van der Waals surface area (Å²) in [5.74, 6) is 0.386. The van der Waals surface area contributed by atoms with Crippen molar-refractivity contribution in [1.29, 1.82) is 0 Å². The van der Waals surface area contributed by atoms with Crippen molar-refractivity contribution in [3.63, 3.8) is 0 Å². The van der Waals surface area contributed by atoms with Crippen LogP contribution >= 0.6 is 15.9 Å². The molecule has 0 saturated carbocycles. The van der Waals surface area contributed by atoms with Crippen molar-refractivity contribution >= 4 is 33.3 Å². The summed E-state index contributed by atoms with van der Waals surface area (Å²) in [6.07, 6.45) is 1.32. The lowest BCUT2D eigenvalue weighted by Gasteiger charge is -2.09. The Bertz CT molecular complexity index is 559. The normalized spacial score (nSPS) is 10.3. The van der Waals surface area contributed by atoms with Crippen LogP contribution in [0.4, 0.5) is 21.7 Å². The van der Waals surface area contributed by atoms with Gasteiger partial charge in [-0.25, -0.2) is 14.4 Å². The van der Waals surface area contributed by atoms with Gasteiger partial charge in [0.1, 0.15) is 28.3 Å². The molecule has 2 rings (SSSR count). The highest BCUT2D eigenvalue weighted by Crippen LogP contribution is 2.28. The van der Waals surface area contributed by atoms with Crippen LogP contribution in [0, 0.1) is 12.7 Å².